The quantitative estimate of drug-likeness (QED) is 0.272. The van der Waals surface area contributed by atoms with Gasteiger partial charge in [0, 0.05) is 18.4 Å². The Balaban J connectivity index is 0.000000316. The number of nitrogens with one attached hydrogen (secondary N) is 2. The second-order valence-electron chi connectivity index (χ2n) is 5.89. The number of H-pyrrole nitrogens is 2. The zero-order valence-corrected chi connectivity index (χ0v) is 19.7. The number of aromatic amines is 2. The van der Waals surface area contributed by atoms with E-state index in [4.69, 9.17) is 52.2 Å². The number of nitrogens with zero attached hydrogens (tertiary/aromatic N) is 4. The van der Waals surface area contributed by atoms with Crippen molar-refractivity contribution in [1.29, 1.82) is 0 Å². The molecule has 0 bridgehead atoms. The molecular weight excluding hydrogens is 505 g/mol. The van der Waals surface area contributed by atoms with Gasteiger partial charge in [-0.3, -0.25) is 5.14 Å². The summed E-state index contributed by atoms with van der Waals surface area (Å²) in [6.45, 7) is 0. The second kappa shape index (κ2) is 12.8. The number of hydrogen-bond acceptors (Lipinski definition) is 9. The fourth-order valence-electron chi connectivity index (χ4n) is 2.34. The molecule has 0 spiro atoms. The molecule has 0 atom stereocenters. The number of carboxylic acids is 1. The van der Waals surface area contributed by atoms with E-state index in [1.807, 2.05) is 12.1 Å². The highest BCUT2D eigenvalue weighted by molar-refractivity contribution is 7.96. The Morgan fingerprint density at radius 3 is 2.10 bits per heavy atom. The van der Waals surface area contributed by atoms with E-state index < -0.39 is 5.97 Å². The van der Waals surface area contributed by atoms with Crippen LogP contribution in [-0.2, 0) is 12.8 Å². The number of carboxylic acid groups (broad SMARTS) is 1. The van der Waals surface area contributed by atoms with E-state index in [2.05, 4.69) is 29.9 Å². The van der Waals surface area contributed by atoms with Crippen molar-refractivity contribution in [1.82, 2.24) is 24.9 Å². The van der Waals surface area contributed by atoms with Crippen LogP contribution in [0.25, 0.3) is 0 Å². The van der Waals surface area contributed by atoms with E-state index in [9.17, 15) is 9.90 Å². The molecule has 1 aromatic carbocycles. The fourth-order valence-corrected chi connectivity index (χ4v) is 3.56. The third-order valence-electron chi connectivity index (χ3n) is 3.70. The molecule has 0 aliphatic rings. The highest BCUT2D eigenvalue weighted by Crippen LogP contribution is 2.10. The number of aromatic nitrogens is 6. The largest absolute Gasteiger partial charge is 0.545 e. The zero-order chi connectivity index (χ0) is 22.8. The van der Waals surface area contributed by atoms with Gasteiger partial charge in [-0.25, -0.2) is 9.97 Å². The van der Waals surface area contributed by atoms with E-state index in [1.54, 1.807) is 12.1 Å². The Morgan fingerprint density at radius 1 is 1.03 bits per heavy atom. The summed E-state index contributed by atoms with van der Waals surface area (Å²) in [5.74, 6) is -0.341. The highest BCUT2D eigenvalue weighted by atomic mass is 35.5. The summed E-state index contributed by atoms with van der Waals surface area (Å²) in [5, 5.41) is 16.7. The highest BCUT2D eigenvalue weighted by Gasteiger charge is 2.08. The average Bonchev–Trinajstić information content (AvgIpc) is 2.70. The standard InChI is InChI=1S/C14H16N4O2S2.C3Cl3N3/c15-22-14-17-11(16-13(21)18-14)4-2-1-3-9-5-7-10(8-6-9)12(19)20;4-1-7-2(5)9-3(6)8-1/h5-8H,1-4,15H2,(H,19,20)(H,16,17,18,21);. The summed E-state index contributed by atoms with van der Waals surface area (Å²) in [6.07, 6.45) is 3.57. The molecule has 3 aromatic rings. The van der Waals surface area contributed by atoms with Gasteiger partial charge in [0.05, 0.1) is 5.97 Å². The average molecular weight is 521 g/mol. The molecule has 164 valence electrons. The monoisotopic (exact) mass is 519 g/mol. The summed E-state index contributed by atoms with van der Waals surface area (Å²) in [5.41, 5.74) is 1.30. The van der Waals surface area contributed by atoms with E-state index in [-0.39, 0.29) is 21.4 Å². The number of unbranched alkanes of at least 4 members (excludes halogenated alkanes) is 1. The summed E-state index contributed by atoms with van der Waals surface area (Å²) in [7, 11) is 0. The Hall–Kier alpha value is -1.89. The lowest BCUT2D eigenvalue weighted by molar-refractivity contribution is -0.447. The van der Waals surface area contributed by atoms with Crippen LogP contribution in [0.3, 0.4) is 0 Å². The molecule has 3 rings (SSSR count). The van der Waals surface area contributed by atoms with Gasteiger partial charge < -0.3 is 9.90 Å². The number of aromatic carboxylic acids is 1. The van der Waals surface area contributed by atoms with Crippen LogP contribution >= 0.6 is 59.0 Å². The molecule has 0 aliphatic carbocycles. The fraction of sp³-hybridized carbons (Fsp3) is 0.235. The van der Waals surface area contributed by atoms with Crippen LogP contribution in [0.5, 0.6) is 0 Å². The van der Waals surface area contributed by atoms with Crippen LogP contribution in [0.1, 0.15) is 34.6 Å². The second-order valence-corrected chi connectivity index (χ2v) is 7.94. The third-order valence-corrected chi connectivity index (χ3v) is 4.83. The van der Waals surface area contributed by atoms with Gasteiger partial charge in [-0.15, -0.1) is 0 Å². The third kappa shape index (κ3) is 9.42. The van der Waals surface area contributed by atoms with Gasteiger partial charge in [0.15, 0.2) is 0 Å². The number of halogens is 3. The van der Waals surface area contributed by atoms with Crippen molar-refractivity contribution in [3.63, 3.8) is 0 Å². The molecule has 9 nitrogen and oxygen atoms in total. The molecule has 0 fully saturated rings. The number of nitrogens with two attached hydrogens (primary N) is 1. The van der Waals surface area contributed by atoms with Crippen molar-refractivity contribution in [2.45, 2.75) is 30.8 Å². The lowest BCUT2D eigenvalue weighted by atomic mass is 10.1. The smallest absolute Gasteiger partial charge is 0.315 e. The lowest BCUT2D eigenvalue weighted by Crippen LogP contribution is -2.21. The van der Waals surface area contributed by atoms with Crippen molar-refractivity contribution in [3.05, 3.63) is 61.8 Å². The topological polar surface area (TPSA) is 148 Å². The number of hydrogen-bond donors (Lipinski definition) is 2. The number of carbonyl (C=O) groups is 1. The van der Waals surface area contributed by atoms with Crippen molar-refractivity contribution in [2.75, 3.05) is 0 Å². The molecule has 0 saturated heterocycles. The van der Waals surface area contributed by atoms with Crippen molar-refractivity contribution >= 4 is 64.9 Å². The van der Waals surface area contributed by atoms with Crippen LogP contribution in [0, 0.1) is 4.77 Å². The predicted molar refractivity (Wildman–Crippen MR) is 118 cm³/mol. The minimum Gasteiger partial charge on any atom is -0.545 e. The molecule has 14 heteroatoms. The van der Waals surface area contributed by atoms with E-state index in [0.717, 1.165) is 49.0 Å². The minimum absolute atomic E-state index is 0.000000000000000444. The Bertz CT molecular complexity index is 1030. The van der Waals surface area contributed by atoms with Gasteiger partial charge in [0.2, 0.25) is 21.7 Å². The van der Waals surface area contributed by atoms with Crippen LogP contribution in [0.2, 0.25) is 15.9 Å². The first-order valence-electron chi connectivity index (χ1n) is 8.69. The normalized spacial score (nSPS) is 10.3. The number of aryl methyl sites for hydroxylation is 2. The maximum absolute atomic E-state index is 10.7. The van der Waals surface area contributed by atoms with Crippen LogP contribution in [0.15, 0.2) is 29.4 Å². The molecule has 0 aliphatic heterocycles. The zero-order valence-electron chi connectivity index (χ0n) is 15.8. The number of rotatable bonds is 7. The molecule has 0 saturated carbocycles. The van der Waals surface area contributed by atoms with Gasteiger partial charge in [-0.2, -0.15) is 15.0 Å². The maximum atomic E-state index is 10.7. The first-order chi connectivity index (χ1) is 14.8. The van der Waals surface area contributed by atoms with Crippen molar-refractivity contribution < 1.29 is 14.9 Å². The van der Waals surface area contributed by atoms with E-state index >= 15 is 0 Å². The van der Waals surface area contributed by atoms with Crippen molar-refractivity contribution in [2.24, 2.45) is 5.14 Å². The van der Waals surface area contributed by atoms with E-state index in [0.29, 0.717) is 9.93 Å². The minimum atomic E-state index is -1.15. The molecule has 2 heterocycles. The number of benzene rings is 1. The number of carbonyl (C=O) groups excluding carboxylic acids is 1. The van der Waals surface area contributed by atoms with E-state index in [1.165, 1.54) is 0 Å². The Labute approximate surface area is 202 Å². The van der Waals surface area contributed by atoms with Gasteiger partial charge in [0.1, 0.15) is 0 Å². The Kier molecular flexibility index (Phi) is 10.5. The molecule has 0 amide bonds. The molecule has 0 radical (unpaired) electrons. The van der Waals surface area contributed by atoms with Gasteiger partial charge in [-0.05, 0) is 77.4 Å². The SMILES string of the molecule is Clc1nc(Cl)nc(Cl)n1.NSc1nc(CCCCc2ccc(C(=O)[O-])cc2)[nH]c(=S)[nH+]1. The van der Waals surface area contributed by atoms with Crippen LogP contribution in [-0.4, -0.2) is 30.9 Å². The first kappa shape index (κ1) is 25.4. The van der Waals surface area contributed by atoms with Gasteiger partial charge in [0.25, 0.3) is 4.77 Å². The molecule has 4 N–H and O–H groups in total. The lowest BCUT2D eigenvalue weighted by Gasteiger charge is -2.04. The summed E-state index contributed by atoms with van der Waals surface area (Å²) < 4.78 is 0.510. The molecular formula is C17H16Cl3N7O2S2. The summed E-state index contributed by atoms with van der Waals surface area (Å²) in [4.78, 5) is 31.2. The summed E-state index contributed by atoms with van der Waals surface area (Å²) >= 11 is 22.1. The van der Waals surface area contributed by atoms with Gasteiger partial charge in [-0.1, -0.05) is 29.2 Å². The first-order valence-corrected chi connectivity index (χ1v) is 11.1. The summed E-state index contributed by atoms with van der Waals surface area (Å²) in [6, 6.07) is 6.78. The maximum Gasteiger partial charge on any atom is 0.315 e. The van der Waals surface area contributed by atoms with Gasteiger partial charge >= 0.3 is 5.16 Å². The Morgan fingerprint density at radius 2 is 1.58 bits per heavy atom. The molecule has 31 heavy (non-hydrogen) atoms. The van der Waals surface area contributed by atoms with Crippen LogP contribution in [0.4, 0.5) is 0 Å². The predicted octanol–water partition coefficient (Wildman–Crippen LogP) is 2.68. The van der Waals surface area contributed by atoms with Crippen LogP contribution < -0.4 is 15.2 Å². The van der Waals surface area contributed by atoms with Crippen molar-refractivity contribution in [3.8, 4) is 0 Å². The molecule has 0 unspecified atom stereocenters. The molecule has 2 aromatic heterocycles.